The minimum Gasteiger partial charge on any atom is -0.356 e. The molecule has 17 heavy (non-hydrogen) atoms. The topological polar surface area (TPSA) is 29.1 Å². The summed E-state index contributed by atoms with van der Waals surface area (Å²) in [6.45, 7) is 7.82. The third-order valence-electron chi connectivity index (χ3n) is 4.42. The monoisotopic (exact) mass is 239 g/mol. The van der Waals surface area contributed by atoms with Gasteiger partial charge in [0.2, 0.25) is 5.91 Å². The van der Waals surface area contributed by atoms with E-state index in [0.29, 0.717) is 11.3 Å². The molecule has 2 atom stereocenters. The molecule has 2 nitrogen and oxygen atoms in total. The minimum atomic E-state index is 0.258. The maximum atomic E-state index is 11.4. The van der Waals surface area contributed by atoms with Crippen molar-refractivity contribution >= 4 is 5.91 Å². The molecule has 0 saturated carbocycles. The Morgan fingerprint density at radius 1 is 1.18 bits per heavy atom. The first-order valence-corrected chi connectivity index (χ1v) is 7.39. The Bertz CT molecular complexity index is 239. The van der Waals surface area contributed by atoms with E-state index in [1.165, 1.54) is 44.9 Å². The minimum absolute atomic E-state index is 0.258. The van der Waals surface area contributed by atoms with Gasteiger partial charge < -0.3 is 5.32 Å². The largest absolute Gasteiger partial charge is 0.356 e. The summed E-state index contributed by atoms with van der Waals surface area (Å²) in [5, 5.41) is 3.00. The van der Waals surface area contributed by atoms with Crippen LogP contribution in [0, 0.1) is 11.3 Å². The quantitative estimate of drug-likeness (QED) is 0.639. The highest BCUT2D eigenvalue weighted by atomic mass is 16.1. The highest BCUT2D eigenvalue weighted by molar-refractivity contribution is 5.78. The van der Waals surface area contributed by atoms with Crippen molar-refractivity contribution in [2.24, 2.45) is 11.3 Å². The van der Waals surface area contributed by atoms with Crippen molar-refractivity contribution in [3.8, 4) is 0 Å². The van der Waals surface area contributed by atoms with E-state index in [0.717, 1.165) is 13.0 Å². The van der Waals surface area contributed by atoms with Crippen LogP contribution in [0.5, 0.6) is 0 Å². The molecular weight excluding hydrogens is 210 g/mol. The van der Waals surface area contributed by atoms with Crippen molar-refractivity contribution in [3.63, 3.8) is 0 Å². The molecule has 0 aromatic heterocycles. The smallest absolute Gasteiger partial charge is 0.220 e. The normalized spacial score (nSPS) is 23.5. The molecule has 2 heteroatoms. The van der Waals surface area contributed by atoms with Gasteiger partial charge in [-0.05, 0) is 24.2 Å². The summed E-state index contributed by atoms with van der Waals surface area (Å²) < 4.78 is 0. The maximum absolute atomic E-state index is 11.4. The lowest BCUT2D eigenvalue weighted by atomic mass is 9.69. The van der Waals surface area contributed by atoms with Crippen LogP contribution in [0.3, 0.4) is 0 Å². The first-order chi connectivity index (χ1) is 8.12. The first-order valence-electron chi connectivity index (χ1n) is 7.39. The standard InChI is InChI=1S/C15H29NO/c1-4-6-8-10-15(3,9-7-5-2)13-11-14(17)16-12-13/h13H,4-12H2,1-3H3,(H,16,17). The SMILES string of the molecule is CCCCCC(C)(CCCC)C1CNC(=O)C1. The molecule has 1 aliphatic heterocycles. The summed E-state index contributed by atoms with van der Waals surface area (Å²) in [7, 11) is 0. The van der Waals surface area contributed by atoms with Gasteiger partial charge >= 0.3 is 0 Å². The lowest BCUT2D eigenvalue weighted by Gasteiger charge is -2.35. The molecule has 0 aliphatic carbocycles. The molecular formula is C15H29NO. The van der Waals surface area contributed by atoms with Gasteiger partial charge in [0.05, 0.1) is 0 Å². The van der Waals surface area contributed by atoms with Gasteiger partial charge in [-0.25, -0.2) is 0 Å². The second-order valence-corrected chi connectivity index (χ2v) is 5.92. The van der Waals surface area contributed by atoms with Gasteiger partial charge in [0.25, 0.3) is 0 Å². The predicted octanol–water partition coefficient (Wildman–Crippen LogP) is 3.90. The average molecular weight is 239 g/mol. The molecule has 0 spiro atoms. The van der Waals surface area contributed by atoms with Crippen LogP contribution >= 0.6 is 0 Å². The average Bonchev–Trinajstić information content (AvgIpc) is 2.74. The maximum Gasteiger partial charge on any atom is 0.220 e. The lowest BCUT2D eigenvalue weighted by molar-refractivity contribution is -0.119. The van der Waals surface area contributed by atoms with Crippen LogP contribution < -0.4 is 5.32 Å². The number of hydrogen-bond donors (Lipinski definition) is 1. The molecule has 1 heterocycles. The number of amides is 1. The van der Waals surface area contributed by atoms with Crippen LogP contribution in [0.15, 0.2) is 0 Å². The molecule has 2 unspecified atom stereocenters. The molecule has 0 radical (unpaired) electrons. The van der Waals surface area contributed by atoms with E-state index >= 15 is 0 Å². The molecule has 0 bridgehead atoms. The number of carbonyl (C=O) groups is 1. The number of carbonyl (C=O) groups excluding carboxylic acids is 1. The zero-order chi connectivity index (χ0) is 12.7. The van der Waals surface area contributed by atoms with Crippen molar-refractivity contribution in [1.82, 2.24) is 5.32 Å². The highest BCUT2D eigenvalue weighted by Gasteiger charge is 2.37. The lowest BCUT2D eigenvalue weighted by Crippen LogP contribution is -2.29. The summed E-state index contributed by atoms with van der Waals surface area (Å²) in [4.78, 5) is 11.4. The molecule has 1 aliphatic rings. The Labute approximate surface area is 107 Å². The second-order valence-electron chi connectivity index (χ2n) is 5.92. The Hall–Kier alpha value is -0.530. The number of nitrogens with one attached hydrogen (secondary N) is 1. The van der Waals surface area contributed by atoms with E-state index in [2.05, 4.69) is 26.1 Å². The third-order valence-corrected chi connectivity index (χ3v) is 4.42. The van der Waals surface area contributed by atoms with Gasteiger partial charge in [-0.2, -0.15) is 0 Å². The van der Waals surface area contributed by atoms with Crippen LogP contribution in [0.25, 0.3) is 0 Å². The molecule has 0 aromatic carbocycles. The Balaban J connectivity index is 2.53. The van der Waals surface area contributed by atoms with E-state index in [1.807, 2.05) is 0 Å². The summed E-state index contributed by atoms with van der Waals surface area (Å²) >= 11 is 0. The van der Waals surface area contributed by atoms with Crippen molar-refractivity contribution in [1.29, 1.82) is 0 Å². The van der Waals surface area contributed by atoms with Crippen molar-refractivity contribution in [2.45, 2.75) is 72.1 Å². The van der Waals surface area contributed by atoms with Gasteiger partial charge in [0, 0.05) is 13.0 Å². The van der Waals surface area contributed by atoms with Crippen molar-refractivity contribution in [2.75, 3.05) is 6.54 Å². The predicted molar refractivity (Wildman–Crippen MR) is 72.9 cm³/mol. The van der Waals surface area contributed by atoms with Crippen LogP contribution in [0.4, 0.5) is 0 Å². The van der Waals surface area contributed by atoms with E-state index in [-0.39, 0.29) is 5.91 Å². The Morgan fingerprint density at radius 3 is 2.35 bits per heavy atom. The van der Waals surface area contributed by atoms with Crippen LogP contribution in [0.2, 0.25) is 0 Å². The van der Waals surface area contributed by atoms with E-state index in [9.17, 15) is 4.79 Å². The Kier molecular flexibility index (Phi) is 6.01. The van der Waals surface area contributed by atoms with E-state index < -0.39 is 0 Å². The third kappa shape index (κ3) is 4.33. The van der Waals surface area contributed by atoms with E-state index in [4.69, 9.17) is 0 Å². The molecule has 0 aromatic rings. The van der Waals surface area contributed by atoms with Crippen molar-refractivity contribution < 1.29 is 4.79 Å². The summed E-state index contributed by atoms with van der Waals surface area (Å²) in [6.07, 6.45) is 9.83. The first kappa shape index (κ1) is 14.5. The molecule has 1 N–H and O–H groups in total. The zero-order valence-corrected chi connectivity index (χ0v) is 11.8. The second kappa shape index (κ2) is 7.03. The molecule has 1 saturated heterocycles. The fourth-order valence-electron chi connectivity index (χ4n) is 2.99. The van der Waals surface area contributed by atoms with Gasteiger partial charge in [-0.3, -0.25) is 4.79 Å². The molecule has 1 fully saturated rings. The Morgan fingerprint density at radius 2 is 1.82 bits per heavy atom. The van der Waals surface area contributed by atoms with E-state index in [1.54, 1.807) is 0 Å². The fourth-order valence-corrected chi connectivity index (χ4v) is 2.99. The van der Waals surface area contributed by atoms with Crippen LogP contribution in [-0.4, -0.2) is 12.5 Å². The van der Waals surface area contributed by atoms with Gasteiger partial charge in [0.15, 0.2) is 0 Å². The summed E-state index contributed by atoms with van der Waals surface area (Å²) in [5.74, 6) is 0.826. The fraction of sp³-hybridized carbons (Fsp3) is 0.933. The van der Waals surface area contributed by atoms with Crippen LogP contribution in [0.1, 0.15) is 72.1 Å². The number of rotatable bonds is 8. The summed E-state index contributed by atoms with van der Waals surface area (Å²) in [5.41, 5.74) is 0.379. The number of hydrogen-bond acceptors (Lipinski definition) is 1. The number of unbranched alkanes of at least 4 members (excludes halogenated alkanes) is 3. The van der Waals surface area contributed by atoms with Gasteiger partial charge in [-0.15, -0.1) is 0 Å². The molecule has 1 rings (SSSR count). The zero-order valence-electron chi connectivity index (χ0n) is 11.8. The highest BCUT2D eigenvalue weighted by Crippen LogP contribution is 2.41. The summed E-state index contributed by atoms with van der Waals surface area (Å²) in [6, 6.07) is 0. The van der Waals surface area contributed by atoms with Crippen molar-refractivity contribution in [3.05, 3.63) is 0 Å². The molecule has 100 valence electrons. The van der Waals surface area contributed by atoms with Gasteiger partial charge in [0.1, 0.15) is 0 Å². The van der Waals surface area contributed by atoms with Gasteiger partial charge in [-0.1, -0.05) is 52.9 Å². The van der Waals surface area contributed by atoms with Crippen LogP contribution in [-0.2, 0) is 4.79 Å². The molecule has 1 amide bonds.